The summed E-state index contributed by atoms with van der Waals surface area (Å²) in [4.78, 5) is 15.8. The quantitative estimate of drug-likeness (QED) is 0.421. The van der Waals surface area contributed by atoms with Crippen LogP contribution in [-0.2, 0) is 16.7 Å². The first kappa shape index (κ1) is 23.8. The first-order valence-corrected chi connectivity index (χ1v) is 11.6. The standard InChI is InChI=1S/C25H34N5O4/c1-6-34-18-7-8-22-29(15-18)24(26)27-30(22)16-21(31)17-13-19(25(2,3)4)23(32-5)20(14-17)28-9-11-33-12-10-28/h7-8,13-15H,6,9-12,16H2,1-5H3,(H2,26,27)/q+1. The first-order valence-electron chi connectivity index (χ1n) is 11.6. The lowest BCUT2D eigenvalue weighted by Crippen LogP contribution is -2.37. The molecule has 2 aromatic heterocycles. The fourth-order valence-electron chi connectivity index (χ4n) is 4.27. The summed E-state index contributed by atoms with van der Waals surface area (Å²) < 4.78 is 20.3. The number of nitrogens with zero attached hydrogens (tertiary/aromatic N) is 4. The molecule has 1 fully saturated rings. The summed E-state index contributed by atoms with van der Waals surface area (Å²) in [6, 6.07) is 7.58. The van der Waals surface area contributed by atoms with E-state index in [9.17, 15) is 4.79 Å². The zero-order valence-electron chi connectivity index (χ0n) is 20.6. The fourth-order valence-corrected chi connectivity index (χ4v) is 4.27. The summed E-state index contributed by atoms with van der Waals surface area (Å²) in [7, 11) is 1.68. The van der Waals surface area contributed by atoms with Crippen molar-refractivity contribution in [3.63, 3.8) is 0 Å². The predicted octanol–water partition coefficient (Wildman–Crippen LogP) is 2.63. The third kappa shape index (κ3) is 4.65. The van der Waals surface area contributed by atoms with Crippen LogP contribution in [0.25, 0.3) is 5.65 Å². The van der Waals surface area contributed by atoms with Crippen LogP contribution in [0.3, 0.4) is 0 Å². The maximum Gasteiger partial charge on any atom is 0.380 e. The number of nitrogens with two attached hydrogens (primary N) is 1. The normalized spacial score (nSPS) is 14.4. The van der Waals surface area contributed by atoms with E-state index in [-0.39, 0.29) is 17.7 Å². The van der Waals surface area contributed by atoms with Crippen molar-refractivity contribution < 1.29 is 23.4 Å². The van der Waals surface area contributed by atoms with Gasteiger partial charge in [0.1, 0.15) is 17.7 Å². The van der Waals surface area contributed by atoms with E-state index in [1.807, 2.05) is 31.2 Å². The number of carbonyl (C=O) groups is 1. The Hall–Kier alpha value is -3.33. The van der Waals surface area contributed by atoms with Gasteiger partial charge in [0, 0.05) is 35.4 Å². The van der Waals surface area contributed by atoms with Gasteiger partial charge in [-0.05, 0) is 30.5 Å². The number of anilines is 2. The molecule has 34 heavy (non-hydrogen) atoms. The van der Waals surface area contributed by atoms with E-state index in [4.69, 9.17) is 19.9 Å². The van der Waals surface area contributed by atoms with E-state index >= 15 is 0 Å². The molecule has 0 spiro atoms. The smallest absolute Gasteiger partial charge is 0.380 e. The second-order valence-corrected chi connectivity index (χ2v) is 9.39. The number of ketones is 1. The average Bonchev–Trinajstić information content (AvgIpc) is 3.12. The highest BCUT2D eigenvalue weighted by atomic mass is 16.5. The Labute approximate surface area is 200 Å². The molecule has 2 N–H and O–H groups in total. The van der Waals surface area contributed by atoms with Crippen molar-refractivity contribution in [2.75, 3.05) is 50.7 Å². The van der Waals surface area contributed by atoms with Crippen LogP contribution in [0.5, 0.6) is 11.5 Å². The number of nitrogen functional groups attached to an aromatic ring is 1. The number of Topliss-reactive ketones (excluding diaryl/α,β-unsaturated/α-hetero) is 1. The molecular formula is C25H34N5O4+. The minimum absolute atomic E-state index is 0.0541. The number of carbonyl (C=O) groups excluding carboxylic acids is 1. The second kappa shape index (κ2) is 9.50. The maximum absolute atomic E-state index is 13.5. The molecule has 0 amide bonds. The number of hydrogen-bond acceptors (Lipinski definition) is 7. The highest BCUT2D eigenvalue weighted by Crippen LogP contribution is 2.40. The molecule has 1 aliphatic rings. The van der Waals surface area contributed by atoms with Crippen LogP contribution in [0.4, 0.5) is 11.6 Å². The number of benzene rings is 1. The number of rotatable bonds is 7. The third-order valence-electron chi connectivity index (χ3n) is 5.99. The largest absolute Gasteiger partial charge is 0.494 e. The number of pyridine rings is 1. The van der Waals surface area contributed by atoms with Gasteiger partial charge in [-0.2, -0.15) is 4.40 Å². The summed E-state index contributed by atoms with van der Waals surface area (Å²) in [5.41, 5.74) is 9.15. The lowest BCUT2D eigenvalue weighted by atomic mass is 9.84. The summed E-state index contributed by atoms with van der Waals surface area (Å²) >= 11 is 0. The van der Waals surface area contributed by atoms with E-state index in [1.54, 1.807) is 22.4 Å². The molecule has 0 saturated carbocycles. The highest BCUT2D eigenvalue weighted by molar-refractivity contribution is 5.98. The van der Waals surface area contributed by atoms with Gasteiger partial charge in [-0.15, -0.1) is 4.68 Å². The van der Waals surface area contributed by atoms with Crippen molar-refractivity contribution in [2.45, 2.75) is 39.7 Å². The number of methoxy groups -OCH3 is 1. The van der Waals surface area contributed by atoms with Gasteiger partial charge in [-0.1, -0.05) is 20.8 Å². The van der Waals surface area contributed by atoms with Crippen LogP contribution in [-0.4, -0.2) is 55.6 Å². The Morgan fingerprint density at radius 1 is 1.24 bits per heavy atom. The minimum atomic E-state index is -0.211. The zero-order chi connectivity index (χ0) is 24.5. The number of ether oxygens (including phenoxy) is 3. The Kier molecular flexibility index (Phi) is 6.65. The molecule has 1 aliphatic heterocycles. The van der Waals surface area contributed by atoms with Gasteiger partial charge in [-0.25, -0.2) is 0 Å². The molecule has 0 aliphatic carbocycles. The third-order valence-corrected chi connectivity index (χ3v) is 5.99. The molecule has 182 valence electrons. The zero-order valence-corrected chi connectivity index (χ0v) is 20.6. The number of morpholine rings is 1. The number of aromatic nitrogens is 3. The van der Waals surface area contributed by atoms with Crippen LogP contribution in [0.2, 0.25) is 0 Å². The van der Waals surface area contributed by atoms with Gasteiger partial charge in [0.25, 0.3) is 0 Å². The predicted molar refractivity (Wildman–Crippen MR) is 130 cm³/mol. The van der Waals surface area contributed by atoms with Gasteiger partial charge in [0.05, 0.1) is 32.6 Å². The molecule has 9 heteroatoms. The first-order chi connectivity index (χ1) is 16.2. The second-order valence-electron chi connectivity index (χ2n) is 9.39. The van der Waals surface area contributed by atoms with Crippen molar-refractivity contribution in [3.05, 3.63) is 41.6 Å². The molecule has 4 rings (SSSR count). The molecular weight excluding hydrogens is 434 g/mol. The summed E-state index contributed by atoms with van der Waals surface area (Å²) in [5.74, 6) is 1.74. The van der Waals surface area contributed by atoms with Crippen molar-refractivity contribution in [3.8, 4) is 11.5 Å². The van der Waals surface area contributed by atoms with Crippen molar-refractivity contribution in [1.29, 1.82) is 0 Å². The van der Waals surface area contributed by atoms with Gasteiger partial charge in [0.15, 0.2) is 12.3 Å². The van der Waals surface area contributed by atoms with E-state index < -0.39 is 0 Å². The molecule has 0 unspecified atom stereocenters. The van der Waals surface area contributed by atoms with Gasteiger partial charge in [-0.3, -0.25) is 4.79 Å². The lowest BCUT2D eigenvalue weighted by molar-refractivity contribution is -0.496. The number of fused-ring (bicyclic) bond motifs is 1. The molecule has 3 aromatic rings. The van der Waals surface area contributed by atoms with Crippen LogP contribution < -0.4 is 24.5 Å². The topological polar surface area (TPSA) is 95.9 Å². The van der Waals surface area contributed by atoms with E-state index in [0.717, 1.165) is 30.1 Å². The van der Waals surface area contributed by atoms with E-state index in [1.165, 1.54) is 0 Å². The summed E-state index contributed by atoms with van der Waals surface area (Å²) in [5, 5.41) is 4.40. The van der Waals surface area contributed by atoms with Crippen molar-refractivity contribution in [2.24, 2.45) is 0 Å². The Morgan fingerprint density at radius 3 is 2.62 bits per heavy atom. The lowest BCUT2D eigenvalue weighted by Gasteiger charge is -2.33. The highest BCUT2D eigenvalue weighted by Gasteiger charge is 2.28. The molecule has 3 heterocycles. The molecule has 0 radical (unpaired) electrons. The number of hydrogen-bond donors (Lipinski definition) is 1. The molecule has 9 nitrogen and oxygen atoms in total. The summed E-state index contributed by atoms with van der Waals surface area (Å²) in [6.07, 6.45) is 1.78. The minimum Gasteiger partial charge on any atom is -0.494 e. The maximum atomic E-state index is 13.5. The molecule has 1 saturated heterocycles. The average molecular weight is 469 g/mol. The fraction of sp³-hybridized carbons (Fsp3) is 0.480. The Morgan fingerprint density at radius 2 is 1.97 bits per heavy atom. The van der Waals surface area contributed by atoms with Crippen molar-refractivity contribution in [1.82, 2.24) is 9.78 Å². The van der Waals surface area contributed by atoms with Crippen molar-refractivity contribution >= 4 is 23.1 Å². The molecule has 0 bridgehead atoms. The van der Waals surface area contributed by atoms with E-state index in [0.29, 0.717) is 42.7 Å². The van der Waals surface area contributed by atoms with Crippen LogP contribution >= 0.6 is 0 Å². The molecule has 1 aromatic carbocycles. The van der Waals surface area contributed by atoms with Gasteiger partial charge >= 0.3 is 5.95 Å². The van der Waals surface area contributed by atoms with Crippen LogP contribution in [0, 0.1) is 0 Å². The van der Waals surface area contributed by atoms with Gasteiger partial charge < -0.3 is 24.8 Å². The van der Waals surface area contributed by atoms with Gasteiger partial charge in [0.2, 0.25) is 5.65 Å². The Balaban J connectivity index is 1.73. The Bertz CT molecular complexity index is 1190. The van der Waals surface area contributed by atoms with Crippen LogP contribution in [0.15, 0.2) is 30.5 Å². The van der Waals surface area contributed by atoms with E-state index in [2.05, 4.69) is 30.8 Å². The SMILES string of the molecule is CCOc1ccc2n(CC(=O)c3cc(N4CCOCC4)c(OC)c(C(C)(C)C)c3)nc(N)[n+]2c1. The van der Waals surface area contributed by atoms with Crippen LogP contribution in [0.1, 0.15) is 43.6 Å². The summed E-state index contributed by atoms with van der Waals surface area (Å²) in [6.45, 7) is 11.7. The monoisotopic (exact) mass is 468 g/mol. The molecule has 0 atom stereocenters.